The van der Waals surface area contributed by atoms with Gasteiger partial charge >= 0.3 is 0 Å². The second-order valence-corrected chi connectivity index (χ2v) is 6.72. The zero-order chi connectivity index (χ0) is 16.1. The third kappa shape index (κ3) is 4.50. The summed E-state index contributed by atoms with van der Waals surface area (Å²) in [6.45, 7) is 6.90. The second kappa shape index (κ2) is 7.68. The van der Waals surface area contributed by atoms with E-state index in [0.29, 0.717) is 17.7 Å². The van der Waals surface area contributed by atoms with Gasteiger partial charge in [0, 0.05) is 25.8 Å². The second-order valence-electron chi connectivity index (χ2n) is 6.72. The Morgan fingerprint density at radius 2 is 2.09 bits per heavy atom. The first-order chi connectivity index (χ1) is 10.5. The Hall–Kier alpha value is -1.49. The first-order valence-corrected chi connectivity index (χ1v) is 8.24. The van der Waals surface area contributed by atoms with Gasteiger partial charge in [-0.3, -0.25) is 4.79 Å². The standard InChI is InChI=1S/C17H28N4O/c1-13(2)21-8-5-6-14(7-9-21)10-15-11-16(19-12-18-15)17(22)20(3)4/h11-14H,5-10H2,1-4H3/t14-/m1/s1. The highest BCUT2D eigenvalue weighted by molar-refractivity contribution is 5.91. The Morgan fingerprint density at radius 1 is 1.32 bits per heavy atom. The number of nitrogens with zero attached hydrogens (tertiary/aromatic N) is 4. The average molecular weight is 304 g/mol. The van der Waals surface area contributed by atoms with E-state index in [1.807, 2.05) is 6.07 Å². The fraction of sp³-hybridized carbons (Fsp3) is 0.706. The maximum atomic E-state index is 12.0. The molecule has 1 aliphatic rings. The molecule has 1 saturated heterocycles. The summed E-state index contributed by atoms with van der Waals surface area (Å²) in [5.41, 5.74) is 1.48. The van der Waals surface area contributed by atoms with Crippen LogP contribution in [-0.4, -0.2) is 58.9 Å². The van der Waals surface area contributed by atoms with Crippen molar-refractivity contribution in [2.24, 2.45) is 5.92 Å². The molecule has 1 amide bonds. The van der Waals surface area contributed by atoms with Crippen LogP contribution in [-0.2, 0) is 6.42 Å². The molecule has 2 rings (SSSR count). The van der Waals surface area contributed by atoms with E-state index in [9.17, 15) is 4.79 Å². The van der Waals surface area contributed by atoms with Crippen LogP contribution in [0.1, 0.15) is 49.3 Å². The number of rotatable bonds is 4. The first kappa shape index (κ1) is 16.9. The van der Waals surface area contributed by atoms with Gasteiger partial charge in [-0.15, -0.1) is 0 Å². The molecule has 0 spiro atoms. The lowest BCUT2D eigenvalue weighted by Gasteiger charge is -2.24. The number of hydrogen-bond donors (Lipinski definition) is 0. The predicted octanol–water partition coefficient (Wildman–Crippen LogP) is 2.23. The topological polar surface area (TPSA) is 49.3 Å². The van der Waals surface area contributed by atoms with E-state index < -0.39 is 0 Å². The van der Waals surface area contributed by atoms with Gasteiger partial charge in [0.1, 0.15) is 12.0 Å². The van der Waals surface area contributed by atoms with Gasteiger partial charge in [-0.2, -0.15) is 0 Å². The van der Waals surface area contributed by atoms with E-state index in [0.717, 1.165) is 18.7 Å². The summed E-state index contributed by atoms with van der Waals surface area (Å²) in [6, 6.07) is 2.48. The third-order valence-electron chi connectivity index (χ3n) is 4.46. The van der Waals surface area contributed by atoms with Crippen molar-refractivity contribution in [3.8, 4) is 0 Å². The van der Waals surface area contributed by atoms with E-state index >= 15 is 0 Å². The van der Waals surface area contributed by atoms with Crippen molar-refractivity contribution in [2.45, 2.75) is 45.6 Å². The molecule has 5 heteroatoms. The SMILES string of the molecule is CC(C)N1CCC[C@@H](Cc2cc(C(=O)N(C)C)ncn2)CC1. The summed E-state index contributed by atoms with van der Waals surface area (Å²) in [5.74, 6) is 0.594. The largest absolute Gasteiger partial charge is 0.343 e. The van der Waals surface area contributed by atoms with E-state index in [-0.39, 0.29) is 5.91 Å². The van der Waals surface area contributed by atoms with Crippen LogP contribution >= 0.6 is 0 Å². The quantitative estimate of drug-likeness (QED) is 0.856. The summed E-state index contributed by atoms with van der Waals surface area (Å²) >= 11 is 0. The van der Waals surface area contributed by atoms with Gasteiger partial charge in [0.25, 0.3) is 5.91 Å². The smallest absolute Gasteiger partial charge is 0.272 e. The molecule has 1 aromatic rings. The molecule has 5 nitrogen and oxygen atoms in total. The molecule has 1 aromatic heterocycles. The van der Waals surface area contributed by atoms with Gasteiger partial charge in [0.05, 0.1) is 0 Å². The lowest BCUT2D eigenvalue weighted by Crippen LogP contribution is -2.31. The van der Waals surface area contributed by atoms with Crippen LogP contribution in [0.2, 0.25) is 0 Å². The van der Waals surface area contributed by atoms with Crippen LogP contribution in [0, 0.1) is 5.92 Å². The number of hydrogen-bond acceptors (Lipinski definition) is 4. The monoisotopic (exact) mass is 304 g/mol. The molecule has 0 aromatic carbocycles. The molecule has 0 radical (unpaired) electrons. The van der Waals surface area contributed by atoms with Gasteiger partial charge in [0.2, 0.25) is 0 Å². The van der Waals surface area contributed by atoms with Crippen molar-refractivity contribution < 1.29 is 4.79 Å². The van der Waals surface area contributed by atoms with Crippen molar-refractivity contribution in [3.63, 3.8) is 0 Å². The molecule has 22 heavy (non-hydrogen) atoms. The minimum Gasteiger partial charge on any atom is -0.343 e. The molecule has 0 unspecified atom stereocenters. The van der Waals surface area contributed by atoms with E-state index in [1.54, 1.807) is 19.0 Å². The lowest BCUT2D eigenvalue weighted by molar-refractivity contribution is 0.0821. The van der Waals surface area contributed by atoms with Crippen molar-refractivity contribution >= 4 is 5.91 Å². The Kier molecular flexibility index (Phi) is 5.89. The van der Waals surface area contributed by atoms with Crippen molar-refractivity contribution in [1.29, 1.82) is 0 Å². The van der Waals surface area contributed by atoms with Crippen LogP contribution in [0.4, 0.5) is 0 Å². The summed E-state index contributed by atoms with van der Waals surface area (Å²) < 4.78 is 0. The summed E-state index contributed by atoms with van der Waals surface area (Å²) in [4.78, 5) is 24.6. The molecular weight excluding hydrogens is 276 g/mol. The Morgan fingerprint density at radius 3 is 2.77 bits per heavy atom. The fourth-order valence-corrected chi connectivity index (χ4v) is 3.06. The van der Waals surface area contributed by atoms with Crippen molar-refractivity contribution in [2.75, 3.05) is 27.2 Å². The zero-order valence-electron chi connectivity index (χ0n) is 14.2. The molecule has 1 fully saturated rings. The normalized spacial score (nSPS) is 20.0. The molecule has 0 aliphatic carbocycles. The van der Waals surface area contributed by atoms with Crippen LogP contribution in [0.3, 0.4) is 0 Å². The maximum Gasteiger partial charge on any atom is 0.272 e. The number of amides is 1. The maximum absolute atomic E-state index is 12.0. The van der Waals surface area contributed by atoms with Gasteiger partial charge in [0.15, 0.2) is 0 Å². The molecule has 1 atom stereocenters. The van der Waals surface area contributed by atoms with Crippen molar-refractivity contribution in [1.82, 2.24) is 19.8 Å². The molecule has 1 aliphatic heterocycles. The molecule has 0 bridgehead atoms. The average Bonchev–Trinajstić information content (AvgIpc) is 2.72. The molecule has 0 saturated carbocycles. The van der Waals surface area contributed by atoms with Crippen LogP contribution < -0.4 is 0 Å². The number of carbonyl (C=O) groups excluding carboxylic acids is 1. The molecule has 2 heterocycles. The van der Waals surface area contributed by atoms with Gasteiger partial charge in [-0.1, -0.05) is 0 Å². The number of aromatic nitrogens is 2. The van der Waals surface area contributed by atoms with Crippen molar-refractivity contribution in [3.05, 3.63) is 23.8 Å². The van der Waals surface area contributed by atoms with Gasteiger partial charge in [-0.05, 0) is 64.6 Å². The Balaban J connectivity index is 1.99. The van der Waals surface area contributed by atoms with Gasteiger partial charge in [-0.25, -0.2) is 9.97 Å². The Bertz CT molecular complexity index is 501. The van der Waals surface area contributed by atoms with E-state index in [2.05, 4.69) is 28.7 Å². The highest BCUT2D eigenvalue weighted by atomic mass is 16.2. The van der Waals surface area contributed by atoms with Crippen LogP contribution in [0.15, 0.2) is 12.4 Å². The van der Waals surface area contributed by atoms with Crippen LogP contribution in [0.5, 0.6) is 0 Å². The molecule has 0 N–H and O–H groups in total. The van der Waals surface area contributed by atoms with E-state index in [4.69, 9.17) is 0 Å². The first-order valence-electron chi connectivity index (χ1n) is 8.24. The summed E-state index contributed by atoms with van der Waals surface area (Å²) in [7, 11) is 3.49. The van der Waals surface area contributed by atoms with E-state index in [1.165, 1.54) is 32.1 Å². The predicted molar refractivity (Wildman–Crippen MR) is 87.8 cm³/mol. The fourth-order valence-electron chi connectivity index (χ4n) is 3.06. The Labute approximate surface area is 133 Å². The molecular formula is C17H28N4O. The lowest BCUT2D eigenvalue weighted by atomic mass is 9.95. The highest BCUT2D eigenvalue weighted by Gasteiger charge is 2.20. The zero-order valence-corrected chi connectivity index (χ0v) is 14.2. The number of likely N-dealkylation sites (tertiary alicyclic amines) is 1. The van der Waals surface area contributed by atoms with Gasteiger partial charge < -0.3 is 9.80 Å². The third-order valence-corrected chi connectivity index (χ3v) is 4.46. The minimum absolute atomic E-state index is 0.0597. The van der Waals surface area contributed by atoms with Crippen LogP contribution in [0.25, 0.3) is 0 Å². The summed E-state index contributed by atoms with van der Waals surface area (Å²) in [6.07, 6.45) is 6.16. The number of carbonyl (C=O) groups is 1. The highest BCUT2D eigenvalue weighted by Crippen LogP contribution is 2.22. The summed E-state index contributed by atoms with van der Waals surface area (Å²) in [5, 5.41) is 0. The minimum atomic E-state index is -0.0597. The molecule has 122 valence electrons.